The highest BCUT2D eigenvalue weighted by molar-refractivity contribution is 5.95. The number of hydrogen-bond donors (Lipinski definition) is 1. The summed E-state index contributed by atoms with van der Waals surface area (Å²) >= 11 is 0. The zero-order chi connectivity index (χ0) is 18.2. The van der Waals surface area contributed by atoms with Crippen LogP contribution in [0.2, 0.25) is 0 Å². The van der Waals surface area contributed by atoms with E-state index in [0.717, 1.165) is 11.3 Å². The molecule has 0 atom stereocenters. The molecule has 3 rings (SSSR count). The van der Waals surface area contributed by atoms with Gasteiger partial charge in [0, 0.05) is 17.7 Å². The molecule has 0 unspecified atom stereocenters. The normalized spacial score (nSPS) is 10.3. The predicted octanol–water partition coefficient (Wildman–Crippen LogP) is 4.38. The van der Waals surface area contributed by atoms with E-state index in [2.05, 4.69) is 5.32 Å². The fraction of sp³-hybridized carbons (Fsp3) is 0.136. The Kier molecular flexibility index (Phi) is 5.99. The molecular weight excluding hydrogens is 329 g/mol. The SMILES string of the molecule is O=C(NCCc1ccccc1F)c1ccccc1COc1ccccc1. The molecule has 3 aromatic carbocycles. The Hall–Kier alpha value is -3.14. The van der Waals surface area contributed by atoms with Gasteiger partial charge >= 0.3 is 0 Å². The lowest BCUT2D eigenvalue weighted by Crippen LogP contribution is -2.27. The van der Waals surface area contributed by atoms with Gasteiger partial charge in [-0.15, -0.1) is 0 Å². The summed E-state index contributed by atoms with van der Waals surface area (Å²) in [5.74, 6) is 0.314. The van der Waals surface area contributed by atoms with Gasteiger partial charge in [-0.1, -0.05) is 54.6 Å². The molecule has 0 aliphatic carbocycles. The molecule has 0 aromatic heterocycles. The molecule has 26 heavy (non-hydrogen) atoms. The number of para-hydroxylation sites is 1. The molecule has 0 saturated heterocycles. The molecule has 0 saturated carbocycles. The molecule has 1 N–H and O–H groups in total. The lowest BCUT2D eigenvalue weighted by Gasteiger charge is -2.12. The second-order valence-electron chi connectivity index (χ2n) is 5.86. The van der Waals surface area contributed by atoms with Gasteiger partial charge in [0.2, 0.25) is 0 Å². The highest BCUT2D eigenvalue weighted by Crippen LogP contribution is 2.15. The van der Waals surface area contributed by atoms with E-state index in [1.807, 2.05) is 48.5 Å². The minimum absolute atomic E-state index is 0.186. The van der Waals surface area contributed by atoms with E-state index in [0.29, 0.717) is 30.7 Å². The molecule has 0 aliphatic heterocycles. The van der Waals surface area contributed by atoms with Gasteiger partial charge in [0.05, 0.1) is 0 Å². The molecule has 3 aromatic rings. The van der Waals surface area contributed by atoms with E-state index in [-0.39, 0.29) is 11.7 Å². The Labute approximate surface area is 152 Å². The van der Waals surface area contributed by atoms with Crippen LogP contribution in [-0.4, -0.2) is 12.5 Å². The minimum atomic E-state index is -0.251. The van der Waals surface area contributed by atoms with E-state index in [9.17, 15) is 9.18 Å². The maximum absolute atomic E-state index is 13.6. The van der Waals surface area contributed by atoms with Crippen LogP contribution in [0.4, 0.5) is 4.39 Å². The molecule has 0 radical (unpaired) electrons. The standard InChI is InChI=1S/C22H20FNO2/c23-21-13-7-5-8-17(21)14-15-24-22(25)20-12-6-4-9-18(20)16-26-19-10-2-1-3-11-19/h1-13H,14-16H2,(H,24,25). The van der Waals surface area contributed by atoms with E-state index >= 15 is 0 Å². The van der Waals surface area contributed by atoms with Gasteiger partial charge < -0.3 is 10.1 Å². The number of halogens is 1. The fourth-order valence-corrected chi connectivity index (χ4v) is 2.65. The Morgan fingerprint density at radius 2 is 1.50 bits per heavy atom. The van der Waals surface area contributed by atoms with Gasteiger partial charge in [-0.3, -0.25) is 4.79 Å². The minimum Gasteiger partial charge on any atom is -0.489 e. The lowest BCUT2D eigenvalue weighted by atomic mass is 10.1. The summed E-state index contributed by atoms with van der Waals surface area (Å²) in [6.07, 6.45) is 0.446. The zero-order valence-electron chi connectivity index (χ0n) is 14.3. The number of benzene rings is 3. The van der Waals surface area contributed by atoms with Crippen LogP contribution in [0.5, 0.6) is 5.75 Å². The van der Waals surface area contributed by atoms with Crippen molar-refractivity contribution in [2.75, 3.05) is 6.54 Å². The number of ether oxygens (including phenoxy) is 1. The fourth-order valence-electron chi connectivity index (χ4n) is 2.65. The third kappa shape index (κ3) is 4.70. The second kappa shape index (κ2) is 8.81. The first-order chi connectivity index (χ1) is 12.7. The monoisotopic (exact) mass is 349 g/mol. The van der Waals surface area contributed by atoms with Crippen LogP contribution in [0, 0.1) is 5.82 Å². The van der Waals surface area contributed by atoms with Gasteiger partial charge in [-0.05, 0) is 36.2 Å². The number of carbonyl (C=O) groups is 1. The van der Waals surface area contributed by atoms with Gasteiger partial charge in [-0.2, -0.15) is 0 Å². The van der Waals surface area contributed by atoms with E-state index in [4.69, 9.17) is 4.74 Å². The largest absolute Gasteiger partial charge is 0.489 e. The second-order valence-corrected chi connectivity index (χ2v) is 5.86. The summed E-state index contributed by atoms with van der Waals surface area (Å²) < 4.78 is 19.4. The molecule has 0 fully saturated rings. The molecule has 1 amide bonds. The lowest BCUT2D eigenvalue weighted by molar-refractivity contribution is 0.0951. The molecule has 0 heterocycles. The van der Waals surface area contributed by atoms with Crippen molar-refractivity contribution in [3.05, 3.63) is 101 Å². The summed E-state index contributed by atoms with van der Waals surface area (Å²) in [6.45, 7) is 0.675. The Morgan fingerprint density at radius 1 is 0.846 bits per heavy atom. The predicted molar refractivity (Wildman–Crippen MR) is 99.7 cm³/mol. The maximum Gasteiger partial charge on any atom is 0.251 e. The van der Waals surface area contributed by atoms with Crippen molar-refractivity contribution in [3.63, 3.8) is 0 Å². The smallest absolute Gasteiger partial charge is 0.251 e. The number of nitrogens with one attached hydrogen (secondary N) is 1. The van der Waals surface area contributed by atoms with Crippen LogP contribution >= 0.6 is 0 Å². The van der Waals surface area contributed by atoms with E-state index in [1.54, 1.807) is 24.3 Å². The number of rotatable bonds is 7. The summed E-state index contributed by atoms with van der Waals surface area (Å²) in [6, 6.07) is 23.4. The van der Waals surface area contributed by atoms with Crippen LogP contribution in [-0.2, 0) is 13.0 Å². The number of hydrogen-bond acceptors (Lipinski definition) is 2. The molecule has 0 bridgehead atoms. The van der Waals surface area contributed by atoms with Crippen molar-refractivity contribution >= 4 is 5.91 Å². The molecule has 4 heteroatoms. The average Bonchev–Trinajstić information content (AvgIpc) is 2.69. The van der Waals surface area contributed by atoms with Crippen LogP contribution in [0.25, 0.3) is 0 Å². The first-order valence-corrected chi connectivity index (χ1v) is 8.51. The topological polar surface area (TPSA) is 38.3 Å². The molecular formula is C22H20FNO2. The van der Waals surface area contributed by atoms with Gasteiger partial charge in [0.15, 0.2) is 0 Å². The third-order valence-corrected chi connectivity index (χ3v) is 4.04. The summed E-state index contributed by atoms with van der Waals surface area (Å²) in [4.78, 5) is 12.5. The van der Waals surface area contributed by atoms with Gasteiger partial charge in [0.1, 0.15) is 18.2 Å². The van der Waals surface area contributed by atoms with Crippen molar-refractivity contribution in [3.8, 4) is 5.75 Å². The first kappa shape index (κ1) is 17.7. The Balaban J connectivity index is 1.59. The molecule has 3 nitrogen and oxygen atoms in total. The van der Waals surface area contributed by atoms with Gasteiger partial charge in [0.25, 0.3) is 5.91 Å². The molecule has 0 aliphatic rings. The van der Waals surface area contributed by atoms with E-state index in [1.165, 1.54) is 6.07 Å². The molecule has 0 spiro atoms. The van der Waals surface area contributed by atoms with Crippen LogP contribution in [0.1, 0.15) is 21.5 Å². The number of amides is 1. The van der Waals surface area contributed by atoms with Crippen molar-refractivity contribution < 1.29 is 13.9 Å². The average molecular weight is 349 g/mol. The zero-order valence-corrected chi connectivity index (χ0v) is 14.3. The van der Waals surface area contributed by atoms with Crippen molar-refractivity contribution in [1.29, 1.82) is 0 Å². The van der Waals surface area contributed by atoms with Crippen molar-refractivity contribution in [2.24, 2.45) is 0 Å². The highest BCUT2D eigenvalue weighted by Gasteiger charge is 2.11. The van der Waals surface area contributed by atoms with E-state index < -0.39 is 0 Å². The highest BCUT2D eigenvalue weighted by atomic mass is 19.1. The quantitative estimate of drug-likeness (QED) is 0.687. The van der Waals surface area contributed by atoms with Crippen molar-refractivity contribution in [1.82, 2.24) is 5.32 Å². The maximum atomic E-state index is 13.6. The van der Waals surface area contributed by atoms with Crippen molar-refractivity contribution in [2.45, 2.75) is 13.0 Å². The first-order valence-electron chi connectivity index (χ1n) is 8.51. The Morgan fingerprint density at radius 3 is 2.27 bits per heavy atom. The third-order valence-electron chi connectivity index (χ3n) is 4.04. The number of carbonyl (C=O) groups excluding carboxylic acids is 1. The Bertz CT molecular complexity index is 865. The van der Waals surface area contributed by atoms with Gasteiger partial charge in [-0.25, -0.2) is 4.39 Å². The summed E-state index contributed by atoms with van der Waals surface area (Å²) in [5.41, 5.74) is 1.96. The van der Waals surface area contributed by atoms with Crippen LogP contribution < -0.4 is 10.1 Å². The summed E-state index contributed by atoms with van der Waals surface area (Å²) in [7, 11) is 0. The molecule has 132 valence electrons. The summed E-state index contributed by atoms with van der Waals surface area (Å²) in [5, 5.41) is 2.85. The van der Waals surface area contributed by atoms with Crippen LogP contribution in [0.15, 0.2) is 78.9 Å². The van der Waals surface area contributed by atoms with Crippen LogP contribution in [0.3, 0.4) is 0 Å².